The minimum Gasteiger partial charge on any atom is -0.236 e. The van der Waals surface area contributed by atoms with Crippen LogP contribution in [0.3, 0.4) is 0 Å². The maximum Gasteiger partial charge on any atom is 0.453 e. The number of rotatable bonds is 3. The Balaban J connectivity index is 2.26. The van der Waals surface area contributed by atoms with Crippen molar-refractivity contribution in [2.24, 2.45) is 0 Å². The molecule has 0 N–H and O–H groups in total. The first-order chi connectivity index (χ1) is 12.9. The second-order valence-corrected chi connectivity index (χ2v) is 7.55. The van der Waals surface area contributed by atoms with E-state index in [-0.39, 0.29) is 17.0 Å². The Morgan fingerprint density at radius 3 is 2.11 bits per heavy atom. The molecule has 28 heavy (non-hydrogen) atoms. The molecule has 0 amide bonds. The summed E-state index contributed by atoms with van der Waals surface area (Å²) >= 11 is 0. The van der Waals surface area contributed by atoms with E-state index < -0.39 is 56.5 Å². The summed E-state index contributed by atoms with van der Waals surface area (Å²) in [7, 11) is -3.65. The highest BCUT2D eigenvalue weighted by Gasteiger charge is 2.38. The Morgan fingerprint density at radius 2 is 1.64 bits per heavy atom. The zero-order valence-corrected chi connectivity index (χ0v) is 14.5. The van der Waals surface area contributed by atoms with Gasteiger partial charge in [-0.1, -0.05) is 0 Å². The van der Waals surface area contributed by atoms with E-state index in [0.29, 0.717) is 4.68 Å². The molecule has 0 saturated heterocycles. The molecule has 13 heteroatoms. The van der Waals surface area contributed by atoms with E-state index in [1.807, 2.05) is 0 Å². The molecule has 0 aliphatic rings. The lowest BCUT2D eigenvalue weighted by Crippen LogP contribution is -2.09. The zero-order valence-electron chi connectivity index (χ0n) is 13.7. The first kappa shape index (κ1) is 19.8. The highest BCUT2D eigenvalue weighted by molar-refractivity contribution is 7.90. The van der Waals surface area contributed by atoms with Gasteiger partial charge in [0.1, 0.15) is 17.5 Å². The summed E-state index contributed by atoms with van der Waals surface area (Å²) in [6, 6.07) is 2.54. The van der Waals surface area contributed by atoms with Crippen LogP contribution in [-0.2, 0) is 16.0 Å². The molecule has 0 radical (unpaired) electrons. The lowest BCUT2D eigenvalue weighted by Gasteiger charge is -2.08. The summed E-state index contributed by atoms with van der Waals surface area (Å²) in [5.41, 5.74) is -1.06. The normalized spacial score (nSPS) is 12.4. The summed E-state index contributed by atoms with van der Waals surface area (Å²) in [5, 5.41) is 3.17. The van der Waals surface area contributed by atoms with E-state index in [1.165, 1.54) is 0 Å². The van der Waals surface area contributed by atoms with Crippen LogP contribution in [0.1, 0.15) is 5.82 Å². The Hall–Kier alpha value is -2.96. The van der Waals surface area contributed by atoms with Gasteiger partial charge in [-0.05, 0) is 12.1 Å². The highest BCUT2D eigenvalue weighted by Crippen LogP contribution is 2.32. The van der Waals surface area contributed by atoms with Crippen LogP contribution in [0.25, 0.3) is 17.2 Å². The quantitative estimate of drug-likeness (QED) is 0.606. The van der Waals surface area contributed by atoms with Gasteiger partial charge in [0, 0.05) is 24.6 Å². The Bertz CT molecular complexity index is 1130. The van der Waals surface area contributed by atoms with Crippen molar-refractivity contribution in [3.05, 3.63) is 53.7 Å². The van der Waals surface area contributed by atoms with Gasteiger partial charge in [-0.15, -0.1) is 5.10 Å². The van der Waals surface area contributed by atoms with Crippen molar-refractivity contribution in [2.75, 3.05) is 6.26 Å². The molecular formula is C15H8F6N4O2S. The van der Waals surface area contributed by atoms with Gasteiger partial charge in [-0.3, -0.25) is 0 Å². The predicted octanol–water partition coefficient (Wildman–Crippen LogP) is 3.17. The molecule has 3 rings (SSSR count). The van der Waals surface area contributed by atoms with E-state index in [4.69, 9.17) is 0 Å². The maximum absolute atomic E-state index is 14.1. The lowest BCUT2D eigenvalue weighted by atomic mass is 10.1. The molecule has 6 nitrogen and oxygen atoms in total. The number of benzene rings is 1. The number of hydrogen-bond acceptors (Lipinski definition) is 5. The Morgan fingerprint density at radius 1 is 1.04 bits per heavy atom. The van der Waals surface area contributed by atoms with Crippen molar-refractivity contribution in [1.82, 2.24) is 19.7 Å². The van der Waals surface area contributed by atoms with Gasteiger partial charge < -0.3 is 0 Å². The van der Waals surface area contributed by atoms with E-state index in [9.17, 15) is 34.8 Å². The van der Waals surface area contributed by atoms with Gasteiger partial charge in [-0.2, -0.15) is 17.9 Å². The van der Waals surface area contributed by atoms with E-state index in [1.54, 1.807) is 0 Å². The summed E-state index contributed by atoms with van der Waals surface area (Å²) in [6.45, 7) is 0. The average Bonchev–Trinajstić information content (AvgIpc) is 2.98. The molecule has 0 aliphatic carbocycles. The molecule has 2 heterocycles. The third kappa shape index (κ3) is 3.69. The van der Waals surface area contributed by atoms with Crippen molar-refractivity contribution in [3.8, 4) is 17.2 Å². The van der Waals surface area contributed by atoms with Crippen molar-refractivity contribution >= 4 is 9.84 Å². The summed E-state index contributed by atoms with van der Waals surface area (Å²) < 4.78 is 104. The van der Waals surface area contributed by atoms with E-state index in [2.05, 4.69) is 15.1 Å². The van der Waals surface area contributed by atoms with Crippen LogP contribution < -0.4 is 0 Å². The number of pyridine rings is 1. The standard InChI is InChI=1S/C15H8F6N4O2S/c1-28(26,27)8-2-3-11(22-6-8)25-13(23-14(24-25)15(19,20)21)12-9(17)4-7(16)5-10(12)18/h2-6H,1H3. The van der Waals surface area contributed by atoms with Crippen LogP contribution in [0.5, 0.6) is 0 Å². The molecule has 1 aromatic carbocycles. The molecular weight excluding hydrogens is 414 g/mol. The van der Waals surface area contributed by atoms with Crippen molar-refractivity contribution in [2.45, 2.75) is 11.1 Å². The van der Waals surface area contributed by atoms with Crippen LogP contribution in [0.2, 0.25) is 0 Å². The highest BCUT2D eigenvalue weighted by atomic mass is 32.2. The minimum atomic E-state index is -5.06. The Kier molecular flexibility index (Phi) is 4.65. The number of nitrogens with zero attached hydrogens (tertiary/aromatic N) is 4. The van der Waals surface area contributed by atoms with Crippen molar-refractivity contribution < 1.29 is 34.8 Å². The molecule has 0 saturated carbocycles. The van der Waals surface area contributed by atoms with Gasteiger partial charge >= 0.3 is 6.18 Å². The predicted molar refractivity (Wildman–Crippen MR) is 82.6 cm³/mol. The fourth-order valence-electron chi connectivity index (χ4n) is 2.23. The Labute approximate surface area is 153 Å². The molecule has 0 atom stereocenters. The second kappa shape index (κ2) is 6.58. The average molecular weight is 422 g/mol. The molecule has 3 aromatic rings. The number of sulfone groups is 1. The van der Waals surface area contributed by atoms with Gasteiger partial charge in [0.2, 0.25) is 0 Å². The molecule has 0 bridgehead atoms. The molecule has 148 valence electrons. The smallest absolute Gasteiger partial charge is 0.236 e. The number of halogens is 6. The molecule has 0 unspecified atom stereocenters. The van der Waals surface area contributed by atoms with Crippen LogP contribution in [-0.4, -0.2) is 34.4 Å². The van der Waals surface area contributed by atoms with Crippen LogP contribution >= 0.6 is 0 Å². The minimum absolute atomic E-state index is 0.242. The summed E-state index contributed by atoms with van der Waals surface area (Å²) in [5.74, 6) is -7.34. The third-order valence-electron chi connectivity index (χ3n) is 3.46. The van der Waals surface area contributed by atoms with Gasteiger partial charge in [0.15, 0.2) is 21.5 Å². The topological polar surface area (TPSA) is 77.7 Å². The van der Waals surface area contributed by atoms with Gasteiger partial charge in [0.05, 0.1) is 10.5 Å². The maximum atomic E-state index is 14.1. The van der Waals surface area contributed by atoms with Gasteiger partial charge in [0.25, 0.3) is 5.82 Å². The summed E-state index contributed by atoms with van der Waals surface area (Å²) in [6.07, 6.45) is -3.34. The largest absolute Gasteiger partial charge is 0.453 e. The first-order valence-electron chi connectivity index (χ1n) is 7.23. The van der Waals surface area contributed by atoms with E-state index >= 15 is 0 Å². The van der Waals surface area contributed by atoms with Crippen molar-refractivity contribution in [3.63, 3.8) is 0 Å². The fourth-order valence-corrected chi connectivity index (χ4v) is 2.79. The zero-order chi connectivity index (χ0) is 20.9. The number of aromatic nitrogens is 4. The van der Waals surface area contributed by atoms with Gasteiger partial charge in [-0.25, -0.2) is 31.6 Å². The van der Waals surface area contributed by atoms with Crippen LogP contribution in [0.4, 0.5) is 26.3 Å². The second-order valence-electron chi connectivity index (χ2n) is 5.54. The fraction of sp³-hybridized carbons (Fsp3) is 0.133. The third-order valence-corrected chi connectivity index (χ3v) is 4.55. The molecule has 0 fully saturated rings. The summed E-state index contributed by atoms with van der Waals surface area (Å²) in [4.78, 5) is 6.54. The van der Waals surface area contributed by atoms with E-state index in [0.717, 1.165) is 24.6 Å². The molecule has 0 aliphatic heterocycles. The monoisotopic (exact) mass is 422 g/mol. The first-order valence-corrected chi connectivity index (χ1v) is 9.12. The van der Waals surface area contributed by atoms with Crippen LogP contribution in [0, 0.1) is 17.5 Å². The molecule has 2 aromatic heterocycles. The SMILES string of the molecule is CS(=O)(=O)c1ccc(-n2nc(C(F)(F)F)nc2-c2c(F)cc(F)cc2F)nc1. The number of alkyl halides is 3. The molecule has 0 spiro atoms. The number of hydrogen-bond donors (Lipinski definition) is 0. The van der Waals surface area contributed by atoms with Crippen molar-refractivity contribution in [1.29, 1.82) is 0 Å². The van der Waals surface area contributed by atoms with Crippen LogP contribution in [0.15, 0.2) is 35.4 Å². The lowest BCUT2D eigenvalue weighted by molar-refractivity contribution is -0.144.